The Balaban J connectivity index is 1.63. The van der Waals surface area contributed by atoms with E-state index in [-0.39, 0.29) is 18.4 Å². The first-order valence-corrected chi connectivity index (χ1v) is 8.07. The SMILES string of the molecule is O=C(COc1ccc(Cl)cc1Cl)Nc1ccc2c(c1)C(=O)NCC2. The highest BCUT2D eigenvalue weighted by Gasteiger charge is 2.17. The fourth-order valence-electron chi connectivity index (χ4n) is 2.42. The minimum absolute atomic E-state index is 0.128. The summed E-state index contributed by atoms with van der Waals surface area (Å²) in [6.45, 7) is 0.428. The average Bonchev–Trinajstić information content (AvgIpc) is 2.55. The molecule has 0 atom stereocenters. The van der Waals surface area contributed by atoms with Crippen LogP contribution in [0.15, 0.2) is 36.4 Å². The number of halogens is 2. The van der Waals surface area contributed by atoms with E-state index in [0.29, 0.717) is 33.6 Å². The molecule has 1 heterocycles. The topological polar surface area (TPSA) is 67.4 Å². The van der Waals surface area contributed by atoms with Crippen LogP contribution >= 0.6 is 23.2 Å². The Labute approximate surface area is 148 Å². The molecule has 7 heteroatoms. The number of fused-ring (bicyclic) bond motifs is 1. The van der Waals surface area contributed by atoms with Gasteiger partial charge in [-0.15, -0.1) is 0 Å². The van der Waals surface area contributed by atoms with Gasteiger partial charge in [-0.05, 0) is 42.3 Å². The Kier molecular flexibility index (Phi) is 4.92. The van der Waals surface area contributed by atoms with Gasteiger partial charge in [0.2, 0.25) is 0 Å². The van der Waals surface area contributed by atoms with Crippen LogP contribution in [0.3, 0.4) is 0 Å². The molecule has 0 aliphatic carbocycles. The zero-order valence-electron chi connectivity index (χ0n) is 12.6. The van der Waals surface area contributed by atoms with Gasteiger partial charge >= 0.3 is 0 Å². The van der Waals surface area contributed by atoms with Crippen molar-refractivity contribution in [2.45, 2.75) is 6.42 Å². The first-order chi connectivity index (χ1) is 11.5. The molecule has 0 spiro atoms. The molecule has 2 amide bonds. The van der Waals surface area contributed by atoms with E-state index in [2.05, 4.69) is 10.6 Å². The van der Waals surface area contributed by atoms with Crippen LogP contribution in [-0.2, 0) is 11.2 Å². The van der Waals surface area contributed by atoms with Crippen LogP contribution in [0.4, 0.5) is 5.69 Å². The van der Waals surface area contributed by atoms with E-state index in [1.807, 2.05) is 6.07 Å². The summed E-state index contributed by atoms with van der Waals surface area (Å²) >= 11 is 11.8. The Morgan fingerprint density at radius 2 is 2.04 bits per heavy atom. The number of amides is 2. The molecule has 0 bridgehead atoms. The van der Waals surface area contributed by atoms with E-state index in [1.165, 1.54) is 0 Å². The highest BCUT2D eigenvalue weighted by molar-refractivity contribution is 6.35. The maximum Gasteiger partial charge on any atom is 0.262 e. The monoisotopic (exact) mass is 364 g/mol. The minimum Gasteiger partial charge on any atom is -0.482 e. The molecule has 0 radical (unpaired) electrons. The fourth-order valence-corrected chi connectivity index (χ4v) is 2.89. The van der Waals surface area contributed by atoms with Gasteiger partial charge in [-0.2, -0.15) is 0 Å². The van der Waals surface area contributed by atoms with E-state index >= 15 is 0 Å². The van der Waals surface area contributed by atoms with Gasteiger partial charge in [-0.3, -0.25) is 9.59 Å². The molecule has 0 aromatic heterocycles. The summed E-state index contributed by atoms with van der Waals surface area (Å²) in [5.41, 5.74) is 2.10. The number of carbonyl (C=O) groups excluding carboxylic acids is 2. The van der Waals surface area contributed by atoms with E-state index < -0.39 is 0 Å². The third-order valence-corrected chi connectivity index (χ3v) is 4.10. The lowest BCUT2D eigenvalue weighted by molar-refractivity contribution is -0.118. The highest BCUT2D eigenvalue weighted by atomic mass is 35.5. The van der Waals surface area contributed by atoms with E-state index in [1.54, 1.807) is 30.3 Å². The summed E-state index contributed by atoms with van der Waals surface area (Å²) < 4.78 is 5.38. The second-order valence-electron chi connectivity index (χ2n) is 5.29. The van der Waals surface area contributed by atoms with Crippen LogP contribution in [-0.4, -0.2) is 25.0 Å². The lowest BCUT2D eigenvalue weighted by atomic mass is 10.00. The molecule has 124 valence electrons. The summed E-state index contributed by atoms with van der Waals surface area (Å²) in [5.74, 6) is -0.102. The standard InChI is InChI=1S/C17H14Cl2N2O3/c18-11-2-4-15(14(19)7-11)24-9-16(22)21-12-3-1-10-5-6-20-17(23)13(10)8-12/h1-4,7-8H,5-6,9H2,(H,20,23)(H,21,22). The van der Waals surface area contributed by atoms with Crippen LogP contribution in [0, 0.1) is 0 Å². The maximum absolute atomic E-state index is 12.0. The van der Waals surface area contributed by atoms with Gasteiger partial charge in [0.15, 0.2) is 6.61 Å². The zero-order valence-corrected chi connectivity index (χ0v) is 14.1. The van der Waals surface area contributed by atoms with Crippen molar-refractivity contribution in [2.24, 2.45) is 0 Å². The predicted octanol–water partition coefficient (Wildman–Crippen LogP) is 3.30. The molecule has 1 aliphatic heterocycles. The van der Waals surface area contributed by atoms with Gasteiger partial charge in [0.1, 0.15) is 5.75 Å². The summed E-state index contributed by atoms with van der Waals surface area (Å²) in [7, 11) is 0. The number of rotatable bonds is 4. The lowest BCUT2D eigenvalue weighted by Gasteiger charge is -2.17. The van der Waals surface area contributed by atoms with Crippen LogP contribution in [0.5, 0.6) is 5.75 Å². The minimum atomic E-state index is -0.350. The highest BCUT2D eigenvalue weighted by Crippen LogP contribution is 2.27. The molecule has 0 unspecified atom stereocenters. The van der Waals surface area contributed by atoms with Crippen molar-refractivity contribution in [3.05, 3.63) is 57.6 Å². The predicted molar refractivity (Wildman–Crippen MR) is 93.1 cm³/mol. The van der Waals surface area contributed by atoms with Crippen LogP contribution in [0.1, 0.15) is 15.9 Å². The summed E-state index contributed by atoms with van der Waals surface area (Å²) in [5, 5.41) is 6.30. The molecular weight excluding hydrogens is 351 g/mol. The second kappa shape index (κ2) is 7.11. The summed E-state index contributed by atoms with van der Waals surface area (Å²) in [6, 6.07) is 10.0. The molecule has 0 fully saturated rings. The number of carbonyl (C=O) groups is 2. The first-order valence-electron chi connectivity index (χ1n) is 7.32. The fraction of sp³-hybridized carbons (Fsp3) is 0.176. The molecule has 2 aromatic rings. The Hall–Kier alpha value is -2.24. The quantitative estimate of drug-likeness (QED) is 0.874. The molecule has 3 rings (SSSR count). The second-order valence-corrected chi connectivity index (χ2v) is 6.13. The van der Waals surface area contributed by atoms with Gasteiger partial charge in [-0.1, -0.05) is 29.3 Å². The number of anilines is 1. The maximum atomic E-state index is 12.0. The molecule has 5 nitrogen and oxygen atoms in total. The third-order valence-electron chi connectivity index (χ3n) is 3.57. The van der Waals surface area contributed by atoms with Gasteiger partial charge in [0, 0.05) is 22.8 Å². The Morgan fingerprint density at radius 3 is 2.83 bits per heavy atom. The molecule has 0 saturated carbocycles. The van der Waals surface area contributed by atoms with Crippen LogP contribution in [0.25, 0.3) is 0 Å². The summed E-state index contributed by atoms with van der Waals surface area (Å²) in [4.78, 5) is 23.8. The van der Waals surface area contributed by atoms with Crippen molar-refractivity contribution in [3.8, 4) is 5.75 Å². The molecule has 1 aliphatic rings. The number of nitrogens with one attached hydrogen (secondary N) is 2. The van der Waals surface area contributed by atoms with Gasteiger partial charge in [-0.25, -0.2) is 0 Å². The zero-order chi connectivity index (χ0) is 17.1. The largest absolute Gasteiger partial charge is 0.482 e. The van der Waals surface area contributed by atoms with Crippen molar-refractivity contribution in [1.29, 1.82) is 0 Å². The number of hydrogen-bond donors (Lipinski definition) is 2. The van der Waals surface area contributed by atoms with Gasteiger partial charge in [0.05, 0.1) is 5.02 Å². The third kappa shape index (κ3) is 3.80. The van der Waals surface area contributed by atoms with Crippen molar-refractivity contribution < 1.29 is 14.3 Å². The summed E-state index contributed by atoms with van der Waals surface area (Å²) in [6.07, 6.45) is 0.785. The Morgan fingerprint density at radius 1 is 1.21 bits per heavy atom. The van der Waals surface area contributed by atoms with E-state index in [9.17, 15) is 9.59 Å². The first kappa shape index (κ1) is 16.6. The van der Waals surface area contributed by atoms with Crippen molar-refractivity contribution in [2.75, 3.05) is 18.5 Å². The molecular formula is C17H14Cl2N2O3. The average molecular weight is 365 g/mol. The van der Waals surface area contributed by atoms with E-state index in [4.69, 9.17) is 27.9 Å². The molecule has 2 N–H and O–H groups in total. The lowest BCUT2D eigenvalue weighted by Crippen LogP contribution is -2.32. The van der Waals surface area contributed by atoms with Gasteiger partial charge < -0.3 is 15.4 Å². The Bertz CT molecular complexity index is 808. The number of benzene rings is 2. The van der Waals surface area contributed by atoms with Crippen molar-refractivity contribution in [3.63, 3.8) is 0 Å². The molecule has 2 aromatic carbocycles. The van der Waals surface area contributed by atoms with Crippen molar-refractivity contribution in [1.82, 2.24) is 5.32 Å². The molecule has 0 saturated heterocycles. The van der Waals surface area contributed by atoms with Crippen LogP contribution < -0.4 is 15.4 Å². The number of hydrogen-bond acceptors (Lipinski definition) is 3. The molecule has 24 heavy (non-hydrogen) atoms. The smallest absolute Gasteiger partial charge is 0.262 e. The number of ether oxygens (including phenoxy) is 1. The van der Waals surface area contributed by atoms with Gasteiger partial charge in [0.25, 0.3) is 11.8 Å². The van der Waals surface area contributed by atoms with E-state index in [0.717, 1.165) is 12.0 Å². The normalized spacial score (nSPS) is 13.0. The van der Waals surface area contributed by atoms with Crippen LogP contribution in [0.2, 0.25) is 10.0 Å². The van der Waals surface area contributed by atoms with Crippen molar-refractivity contribution >= 4 is 40.7 Å².